The van der Waals surface area contributed by atoms with E-state index in [2.05, 4.69) is 22.8 Å². The van der Waals surface area contributed by atoms with Gasteiger partial charge in [-0.1, -0.05) is 48.5 Å². The lowest BCUT2D eigenvalue weighted by Crippen LogP contribution is -2.15. The summed E-state index contributed by atoms with van der Waals surface area (Å²) < 4.78 is 0. The number of carbonyl (C=O) groups is 1. The zero-order valence-corrected chi connectivity index (χ0v) is 12.4. The SMILES string of the molecule is CNCc1ccccc1NC(=O)CCCc1ccccc1. The second kappa shape index (κ2) is 8.22. The molecule has 0 saturated carbocycles. The number of amides is 1. The Labute approximate surface area is 126 Å². The van der Waals surface area contributed by atoms with Crippen molar-refractivity contribution >= 4 is 11.6 Å². The van der Waals surface area contributed by atoms with Crippen LogP contribution in [0.25, 0.3) is 0 Å². The van der Waals surface area contributed by atoms with E-state index in [0.29, 0.717) is 6.42 Å². The smallest absolute Gasteiger partial charge is 0.224 e. The number of benzene rings is 2. The number of rotatable bonds is 7. The van der Waals surface area contributed by atoms with Crippen molar-refractivity contribution in [1.29, 1.82) is 0 Å². The molecule has 2 N–H and O–H groups in total. The molecule has 0 radical (unpaired) electrons. The first-order valence-corrected chi connectivity index (χ1v) is 7.36. The number of carbonyl (C=O) groups excluding carboxylic acids is 1. The van der Waals surface area contributed by atoms with Crippen LogP contribution in [0.5, 0.6) is 0 Å². The van der Waals surface area contributed by atoms with Gasteiger partial charge in [0.15, 0.2) is 0 Å². The van der Waals surface area contributed by atoms with Crippen LogP contribution in [0.15, 0.2) is 54.6 Å². The fourth-order valence-electron chi connectivity index (χ4n) is 2.30. The van der Waals surface area contributed by atoms with Gasteiger partial charge < -0.3 is 10.6 Å². The van der Waals surface area contributed by atoms with Crippen LogP contribution < -0.4 is 10.6 Å². The molecule has 0 aliphatic heterocycles. The molecule has 3 nitrogen and oxygen atoms in total. The van der Waals surface area contributed by atoms with Gasteiger partial charge in [-0.2, -0.15) is 0 Å². The molecule has 110 valence electrons. The van der Waals surface area contributed by atoms with Crippen molar-refractivity contribution in [2.24, 2.45) is 0 Å². The fraction of sp³-hybridized carbons (Fsp3) is 0.278. The van der Waals surface area contributed by atoms with E-state index >= 15 is 0 Å². The van der Waals surface area contributed by atoms with Gasteiger partial charge in [-0.05, 0) is 37.1 Å². The molecule has 21 heavy (non-hydrogen) atoms. The Morgan fingerprint density at radius 1 is 1.00 bits per heavy atom. The number of hydrogen-bond donors (Lipinski definition) is 2. The lowest BCUT2D eigenvalue weighted by molar-refractivity contribution is -0.116. The van der Waals surface area contributed by atoms with Crippen LogP contribution in [0, 0.1) is 0 Å². The second-order valence-electron chi connectivity index (χ2n) is 5.07. The van der Waals surface area contributed by atoms with E-state index in [-0.39, 0.29) is 5.91 Å². The van der Waals surface area contributed by atoms with E-state index in [1.165, 1.54) is 5.56 Å². The number of anilines is 1. The molecule has 2 aromatic carbocycles. The molecule has 0 heterocycles. The van der Waals surface area contributed by atoms with E-state index in [4.69, 9.17) is 0 Å². The highest BCUT2D eigenvalue weighted by molar-refractivity contribution is 5.91. The summed E-state index contributed by atoms with van der Waals surface area (Å²) in [6.07, 6.45) is 2.35. The number of para-hydroxylation sites is 1. The van der Waals surface area contributed by atoms with Crippen molar-refractivity contribution in [3.05, 3.63) is 65.7 Å². The van der Waals surface area contributed by atoms with Gasteiger partial charge in [0, 0.05) is 18.7 Å². The molecule has 0 spiro atoms. The number of nitrogens with one attached hydrogen (secondary N) is 2. The molecule has 3 heteroatoms. The Morgan fingerprint density at radius 3 is 2.48 bits per heavy atom. The molecule has 0 saturated heterocycles. The largest absolute Gasteiger partial charge is 0.326 e. The van der Waals surface area contributed by atoms with Gasteiger partial charge >= 0.3 is 0 Å². The number of aryl methyl sites for hydroxylation is 1. The molecular weight excluding hydrogens is 260 g/mol. The molecule has 0 aromatic heterocycles. The summed E-state index contributed by atoms with van der Waals surface area (Å²) in [7, 11) is 1.90. The van der Waals surface area contributed by atoms with Crippen molar-refractivity contribution < 1.29 is 4.79 Å². The Balaban J connectivity index is 1.82. The molecule has 0 aliphatic carbocycles. The highest BCUT2D eigenvalue weighted by Crippen LogP contribution is 2.15. The zero-order valence-electron chi connectivity index (χ0n) is 12.4. The van der Waals surface area contributed by atoms with Gasteiger partial charge in [0.25, 0.3) is 0 Å². The van der Waals surface area contributed by atoms with Crippen LogP contribution in [0.2, 0.25) is 0 Å². The quantitative estimate of drug-likeness (QED) is 0.817. The third kappa shape index (κ3) is 5.04. The molecule has 0 aliphatic rings. The third-order valence-electron chi connectivity index (χ3n) is 3.37. The van der Waals surface area contributed by atoms with Gasteiger partial charge in [-0.25, -0.2) is 0 Å². The summed E-state index contributed by atoms with van der Waals surface area (Å²) in [4.78, 5) is 12.0. The standard InChI is InChI=1S/C18H22N2O/c1-19-14-16-11-5-6-12-17(16)20-18(21)13-7-10-15-8-3-2-4-9-15/h2-6,8-9,11-12,19H,7,10,13-14H2,1H3,(H,20,21). The highest BCUT2D eigenvalue weighted by Gasteiger charge is 2.06. The summed E-state index contributed by atoms with van der Waals surface area (Å²) >= 11 is 0. The minimum Gasteiger partial charge on any atom is -0.326 e. The van der Waals surface area contributed by atoms with Crippen LogP contribution >= 0.6 is 0 Å². The summed E-state index contributed by atoms with van der Waals surface area (Å²) in [6, 6.07) is 18.2. The molecule has 0 fully saturated rings. The molecule has 2 aromatic rings. The molecule has 1 amide bonds. The van der Waals surface area contributed by atoms with Crippen LogP contribution in [-0.2, 0) is 17.8 Å². The minimum atomic E-state index is 0.0782. The lowest BCUT2D eigenvalue weighted by Gasteiger charge is -2.10. The van der Waals surface area contributed by atoms with Gasteiger partial charge in [0.1, 0.15) is 0 Å². The first-order valence-electron chi connectivity index (χ1n) is 7.36. The number of hydrogen-bond acceptors (Lipinski definition) is 2. The first-order chi connectivity index (χ1) is 10.3. The minimum absolute atomic E-state index is 0.0782. The first kappa shape index (κ1) is 15.3. The van der Waals surface area contributed by atoms with E-state index in [9.17, 15) is 4.79 Å². The van der Waals surface area contributed by atoms with Crippen molar-refractivity contribution in [3.63, 3.8) is 0 Å². The Kier molecular flexibility index (Phi) is 5.98. The van der Waals surface area contributed by atoms with Crippen molar-refractivity contribution in [1.82, 2.24) is 5.32 Å². The lowest BCUT2D eigenvalue weighted by atomic mass is 10.1. The van der Waals surface area contributed by atoms with E-state index in [0.717, 1.165) is 30.6 Å². The topological polar surface area (TPSA) is 41.1 Å². The second-order valence-corrected chi connectivity index (χ2v) is 5.07. The van der Waals surface area contributed by atoms with E-state index < -0.39 is 0 Å². The van der Waals surface area contributed by atoms with E-state index in [1.54, 1.807) is 0 Å². The van der Waals surface area contributed by atoms with Crippen LogP contribution in [0.3, 0.4) is 0 Å². The predicted octanol–water partition coefficient (Wildman–Crippen LogP) is 3.37. The van der Waals surface area contributed by atoms with Gasteiger partial charge in [-0.15, -0.1) is 0 Å². The maximum Gasteiger partial charge on any atom is 0.224 e. The fourth-order valence-corrected chi connectivity index (χ4v) is 2.30. The monoisotopic (exact) mass is 282 g/mol. The maximum absolute atomic E-state index is 12.0. The summed E-state index contributed by atoms with van der Waals surface area (Å²) in [5.74, 6) is 0.0782. The van der Waals surface area contributed by atoms with Gasteiger partial charge in [0.2, 0.25) is 5.91 Å². The van der Waals surface area contributed by atoms with Crippen LogP contribution in [0.1, 0.15) is 24.0 Å². The summed E-state index contributed by atoms with van der Waals surface area (Å²) in [5.41, 5.74) is 3.29. The van der Waals surface area contributed by atoms with Crippen molar-refractivity contribution in [3.8, 4) is 0 Å². The highest BCUT2D eigenvalue weighted by atomic mass is 16.1. The molecule has 2 rings (SSSR count). The summed E-state index contributed by atoms with van der Waals surface area (Å²) in [5, 5.41) is 6.11. The van der Waals surface area contributed by atoms with Crippen LogP contribution in [0.4, 0.5) is 5.69 Å². The van der Waals surface area contributed by atoms with E-state index in [1.807, 2.05) is 49.5 Å². The van der Waals surface area contributed by atoms with Gasteiger partial charge in [-0.3, -0.25) is 4.79 Å². The molecule has 0 bridgehead atoms. The summed E-state index contributed by atoms with van der Waals surface area (Å²) in [6.45, 7) is 0.750. The van der Waals surface area contributed by atoms with Crippen molar-refractivity contribution in [2.45, 2.75) is 25.8 Å². The Bertz CT molecular complexity index is 566. The van der Waals surface area contributed by atoms with Gasteiger partial charge in [0.05, 0.1) is 0 Å². The Morgan fingerprint density at radius 2 is 1.71 bits per heavy atom. The molecule has 0 atom stereocenters. The van der Waals surface area contributed by atoms with Crippen LogP contribution in [-0.4, -0.2) is 13.0 Å². The normalized spacial score (nSPS) is 10.3. The molecular formula is C18H22N2O. The maximum atomic E-state index is 12.0. The van der Waals surface area contributed by atoms with Crippen molar-refractivity contribution in [2.75, 3.05) is 12.4 Å². The predicted molar refractivity (Wildman–Crippen MR) is 87.2 cm³/mol. The Hall–Kier alpha value is -2.13. The zero-order chi connectivity index (χ0) is 14.9. The average Bonchev–Trinajstić information content (AvgIpc) is 2.50. The molecule has 0 unspecified atom stereocenters. The average molecular weight is 282 g/mol. The third-order valence-corrected chi connectivity index (χ3v) is 3.37.